The van der Waals surface area contributed by atoms with E-state index in [0.29, 0.717) is 18.2 Å². The quantitative estimate of drug-likeness (QED) is 0.372. The minimum absolute atomic E-state index is 0.0510. The number of hydrogen-bond donors (Lipinski definition) is 1. The van der Waals surface area contributed by atoms with Crippen molar-refractivity contribution >= 4 is 11.6 Å². The summed E-state index contributed by atoms with van der Waals surface area (Å²) in [5, 5.41) is 2.98. The molecule has 1 heterocycles. The minimum atomic E-state index is -0.268. The second kappa shape index (κ2) is 9.56. The highest BCUT2D eigenvalue weighted by atomic mass is 16.4. The first kappa shape index (κ1) is 23.3. The number of nitrogens with zero attached hydrogens (tertiary/aromatic N) is 2. The van der Waals surface area contributed by atoms with E-state index in [2.05, 4.69) is 43.2 Å². The molecule has 4 aromatic rings. The molecule has 174 valence electrons. The third-order valence-electron chi connectivity index (χ3n) is 5.76. The van der Waals surface area contributed by atoms with Crippen LogP contribution in [0, 0.1) is 0 Å². The van der Waals surface area contributed by atoms with Crippen molar-refractivity contribution in [3.8, 4) is 22.8 Å². The summed E-state index contributed by atoms with van der Waals surface area (Å²) in [5.41, 5.74) is 5.23. The molecule has 5 nitrogen and oxygen atoms in total. The van der Waals surface area contributed by atoms with E-state index in [0.717, 1.165) is 22.4 Å². The van der Waals surface area contributed by atoms with Gasteiger partial charge in [0.15, 0.2) is 11.5 Å². The summed E-state index contributed by atoms with van der Waals surface area (Å²) in [6.07, 6.45) is 0. The fourth-order valence-corrected chi connectivity index (χ4v) is 3.69. The molecular weight excluding hydrogens is 422 g/mol. The second-order valence-corrected chi connectivity index (χ2v) is 9.64. The molecule has 0 unspecified atom stereocenters. The van der Waals surface area contributed by atoms with Crippen LogP contribution in [-0.2, 0) is 12.0 Å². The van der Waals surface area contributed by atoms with Crippen molar-refractivity contribution in [2.45, 2.75) is 32.7 Å². The lowest BCUT2D eigenvalue weighted by Crippen LogP contribution is -2.23. The molecule has 1 amide bonds. The largest absolute Gasteiger partial charge is 0.435 e. The molecule has 0 saturated carbocycles. The lowest BCUT2D eigenvalue weighted by molar-refractivity contribution is 0.0947. The summed E-state index contributed by atoms with van der Waals surface area (Å²) in [5.74, 6) is 0.621. The Morgan fingerprint density at radius 3 is 2.26 bits per heavy atom. The number of benzene rings is 3. The lowest BCUT2D eigenvalue weighted by atomic mass is 9.87. The van der Waals surface area contributed by atoms with Gasteiger partial charge in [-0.15, -0.1) is 0 Å². The van der Waals surface area contributed by atoms with Gasteiger partial charge in [0, 0.05) is 37.5 Å². The van der Waals surface area contributed by atoms with Gasteiger partial charge in [-0.1, -0.05) is 75.4 Å². The highest BCUT2D eigenvalue weighted by Crippen LogP contribution is 2.33. The van der Waals surface area contributed by atoms with Crippen LogP contribution in [0.5, 0.6) is 0 Å². The van der Waals surface area contributed by atoms with Gasteiger partial charge in [-0.3, -0.25) is 4.79 Å². The Bertz CT molecular complexity index is 1270. The van der Waals surface area contributed by atoms with Crippen molar-refractivity contribution in [2.24, 2.45) is 0 Å². The zero-order valence-corrected chi connectivity index (χ0v) is 20.4. The molecular formula is C29H31N3O2. The van der Waals surface area contributed by atoms with Crippen LogP contribution in [0.25, 0.3) is 22.8 Å². The van der Waals surface area contributed by atoms with Crippen LogP contribution in [0.4, 0.5) is 5.69 Å². The van der Waals surface area contributed by atoms with Gasteiger partial charge in [0.2, 0.25) is 5.89 Å². The fourth-order valence-electron chi connectivity index (χ4n) is 3.69. The number of hydrogen-bond acceptors (Lipinski definition) is 4. The molecule has 0 aliphatic carbocycles. The van der Waals surface area contributed by atoms with E-state index in [4.69, 9.17) is 4.42 Å². The summed E-state index contributed by atoms with van der Waals surface area (Å²) in [4.78, 5) is 19.9. The van der Waals surface area contributed by atoms with Crippen LogP contribution in [0.15, 0.2) is 83.3 Å². The Morgan fingerprint density at radius 2 is 1.62 bits per heavy atom. The first-order chi connectivity index (χ1) is 16.2. The smallest absolute Gasteiger partial charge is 0.274 e. The van der Waals surface area contributed by atoms with Gasteiger partial charge in [-0.25, -0.2) is 4.98 Å². The van der Waals surface area contributed by atoms with Crippen molar-refractivity contribution in [3.05, 3.63) is 95.7 Å². The van der Waals surface area contributed by atoms with Gasteiger partial charge in [0.1, 0.15) is 0 Å². The maximum atomic E-state index is 13.2. The van der Waals surface area contributed by atoms with Crippen molar-refractivity contribution in [2.75, 3.05) is 19.0 Å². The summed E-state index contributed by atoms with van der Waals surface area (Å²) in [7, 11) is 3.96. The summed E-state index contributed by atoms with van der Waals surface area (Å²) in [6.45, 7) is 6.95. The second-order valence-electron chi connectivity index (χ2n) is 9.64. The molecule has 4 rings (SSSR count). The number of carbonyl (C=O) groups is 1. The Morgan fingerprint density at radius 1 is 0.912 bits per heavy atom. The first-order valence-electron chi connectivity index (χ1n) is 11.4. The van der Waals surface area contributed by atoms with E-state index in [1.807, 2.05) is 85.7 Å². The molecule has 3 aromatic carbocycles. The predicted molar refractivity (Wildman–Crippen MR) is 138 cm³/mol. The first-order valence-corrected chi connectivity index (χ1v) is 11.4. The van der Waals surface area contributed by atoms with Crippen molar-refractivity contribution in [1.82, 2.24) is 10.3 Å². The van der Waals surface area contributed by atoms with E-state index >= 15 is 0 Å². The predicted octanol–water partition coefficient (Wildman–Crippen LogP) is 6.30. The van der Waals surface area contributed by atoms with Crippen LogP contribution in [0.3, 0.4) is 0 Å². The van der Waals surface area contributed by atoms with Crippen LogP contribution < -0.4 is 10.2 Å². The SMILES string of the molecule is CN(C)c1cccc(-c2oc(-c3ccc(C(C)(C)C)cc3)nc2C(=O)NCc2ccccc2)c1. The Balaban J connectivity index is 1.72. The number of amides is 1. The van der Waals surface area contributed by atoms with Gasteiger partial charge >= 0.3 is 0 Å². The standard InChI is InChI=1S/C29H31N3O2/c1-29(2,3)23-16-14-21(15-17-23)28-31-25(27(33)30-19-20-10-7-6-8-11-20)26(34-28)22-12-9-13-24(18-22)32(4)5/h6-18H,19H2,1-5H3,(H,30,33). The lowest BCUT2D eigenvalue weighted by Gasteiger charge is -2.18. The number of oxazole rings is 1. The molecule has 0 bridgehead atoms. The Hall–Kier alpha value is -3.86. The Kier molecular flexibility index (Phi) is 6.55. The van der Waals surface area contributed by atoms with E-state index in [-0.39, 0.29) is 17.0 Å². The molecule has 0 atom stereocenters. The van der Waals surface area contributed by atoms with Crippen molar-refractivity contribution in [1.29, 1.82) is 0 Å². The zero-order valence-electron chi connectivity index (χ0n) is 20.4. The number of aromatic nitrogens is 1. The van der Waals surface area contributed by atoms with Crippen LogP contribution in [-0.4, -0.2) is 25.0 Å². The average molecular weight is 454 g/mol. The Labute approximate surface area is 201 Å². The van der Waals surface area contributed by atoms with E-state index in [9.17, 15) is 4.79 Å². The topological polar surface area (TPSA) is 58.4 Å². The van der Waals surface area contributed by atoms with Gasteiger partial charge in [-0.2, -0.15) is 0 Å². The third kappa shape index (κ3) is 5.20. The van der Waals surface area contributed by atoms with Gasteiger partial charge in [0.25, 0.3) is 5.91 Å². The van der Waals surface area contributed by atoms with Crippen molar-refractivity contribution < 1.29 is 9.21 Å². The molecule has 0 radical (unpaired) electrons. The van der Waals surface area contributed by atoms with E-state index in [1.54, 1.807) is 0 Å². The summed E-state index contributed by atoms with van der Waals surface area (Å²) < 4.78 is 6.23. The van der Waals surface area contributed by atoms with Crippen LogP contribution in [0.1, 0.15) is 42.4 Å². The summed E-state index contributed by atoms with van der Waals surface area (Å²) in [6, 6.07) is 25.9. The molecule has 0 spiro atoms. The highest BCUT2D eigenvalue weighted by Gasteiger charge is 2.23. The molecule has 1 N–H and O–H groups in total. The number of anilines is 1. The molecule has 1 aromatic heterocycles. The zero-order chi connectivity index (χ0) is 24.3. The summed E-state index contributed by atoms with van der Waals surface area (Å²) >= 11 is 0. The fraction of sp³-hybridized carbons (Fsp3) is 0.241. The highest BCUT2D eigenvalue weighted by molar-refractivity contribution is 5.98. The van der Waals surface area contributed by atoms with Gasteiger partial charge < -0.3 is 14.6 Å². The molecule has 0 aliphatic heterocycles. The molecule has 5 heteroatoms. The molecule has 0 fully saturated rings. The number of nitrogens with one attached hydrogen (secondary N) is 1. The number of rotatable bonds is 6. The monoisotopic (exact) mass is 453 g/mol. The molecule has 0 aliphatic rings. The minimum Gasteiger partial charge on any atom is -0.435 e. The maximum absolute atomic E-state index is 13.2. The third-order valence-corrected chi connectivity index (χ3v) is 5.76. The van der Waals surface area contributed by atoms with Gasteiger partial charge in [0.05, 0.1) is 0 Å². The normalized spacial score (nSPS) is 11.3. The van der Waals surface area contributed by atoms with E-state index < -0.39 is 0 Å². The van der Waals surface area contributed by atoms with Gasteiger partial charge in [-0.05, 0) is 40.8 Å². The van der Waals surface area contributed by atoms with Crippen LogP contribution in [0.2, 0.25) is 0 Å². The van der Waals surface area contributed by atoms with Crippen LogP contribution >= 0.6 is 0 Å². The maximum Gasteiger partial charge on any atom is 0.274 e. The molecule has 0 saturated heterocycles. The van der Waals surface area contributed by atoms with E-state index in [1.165, 1.54) is 5.56 Å². The van der Waals surface area contributed by atoms with Crippen molar-refractivity contribution in [3.63, 3.8) is 0 Å². The average Bonchev–Trinajstić information content (AvgIpc) is 3.28. The number of carbonyl (C=O) groups excluding carboxylic acids is 1. The molecule has 34 heavy (non-hydrogen) atoms.